The minimum absolute atomic E-state index is 0.109. The van der Waals surface area contributed by atoms with Crippen LogP contribution in [-0.4, -0.2) is 42.5 Å². The SMILES string of the molecule is Cc1ncsc1CCNC(=O)Nc1ccc(CCC(=O)N(C)C)cc1. The van der Waals surface area contributed by atoms with Crippen LogP contribution in [0.5, 0.6) is 0 Å². The van der Waals surface area contributed by atoms with Crippen LogP contribution in [0.15, 0.2) is 29.8 Å². The molecule has 0 fully saturated rings. The molecule has 1 aromatic carbocycles. The van der Waals surface area contributed by atoms with Gasteiger partial charge in [0.25, 0.3) is 0 Å². The Labute approximate surface area is 152 Å². The molecule has 0 aliphatic heterocycles. The van der Waals surface area contributed by atoms with Gasteiger partial charge in [-0.05, 0) is 31.0 Å². The van der Waals surface area contributed by atoms with E-state index >= 15 is 0 Å². The molecule has 0 atom stereocenters. The number of nitrogens with zero attached hydrogens (tertiary/aromatic N) is 2. The second-order valence-corrected chi connectivity index (χ2v) is 6.92. The average Bonchev–Trinajstić information content (AvgIpc) is 2.99. The lowest BCUT2D eigenvalue weighted by Crippen LogP contribution is -2.30. The van der Waals surface area contributed by atoms with Crippen LogP contribution >= 0.6 is 11.3 Å². The van der Waals surface area contributed by atoms with E-state index in [0.717, 1.165) is 23.4 Å². The molecule has 1 aromatic heterocycles. The van der Waals surface area contributed by atoms with Gasteiger partial charge in [-0.2, -0.15) is 0 Å². The highest BCUT2D eigenvalue weighted by Gasteiger charge is 2.06. The summed E-state index contributed by atoms with van der Waals surface area (Å²) < 4.78 is 0. The zero-order valence-electron chi connectivity index (χ0n) is 14.8. The molecule has 134 valence electrons. The second kappa shape index (κ2) is 9.17. The number of nitrogens with one attached hydrogen (secondary N) is 2. The van der Waals surface area contributed by atoms with Gasteiger partial charge in [0.2, 0.25) is 5.91 Å². The fraction of sp³-hybridized carbons (Fsp3) is 0.389. The summed E-state index contributed by atoms with van der Waals surface area (Å²) in [7, 11) is 3.51. The number of hydrogen-bond donors (Lipinski definition) is 2. The minimum Gasteiger partial charge on any atom is -0.349 e. The normalized spacial score (nSPS) is 10.4. The number of aromatic nitrogens is 1. The molecule has 3 amide bonds. The van der Waals surface area contributed by atoms with Crippen molar-refractivity contribution in [1.29, 1.82) is 0 Å². The molecule has 0 bridgehead atoms. The van der Waals surface area contributed by atoms with Crippen LogP contribution in [0.25, 0.3) is 0 Å². The van der Waals surface area contributed by atoms with Crippen LogP contribution in [0.2, 0.25) is 0 Å². The Bertz CT molecular complexity index is 710. The number of anilines is 1. The number of thiazole rings is 1. The van der Waals surface area contributed by atoms with Crippen molar-refractivity contribution < 1.29 is 9.59 Å². The molecule has 0 unspecified atom stereocenters. The molecule has 0 spiro atoms. The van der Waals surface area contributed by atoms with Gasteiger partial charge in [-0.25, -0.2) is 9.78 Å². The zero-order valence-corrected chi connectivity index (χ0v) is 15.7. The molecule has 0 radical (unpaired) electrons. The summed E-state index contributed by atoms with van der Waals surface area (Å²) in [5.74, 6) is 0.109. The van der Waals surface area contributed by atoms with Crippen molar-refractivity contribution in [3.63, 3.8) is 0 Å². The molecule has 0 aliphatic carbocycles. The Morgan fingerprint density at radius 2 is 1.88 bits per heavy atom. The lowest BCUT2D eigenvalue weighted by Gasteiger charge is -2.10. The van der Waals surface area contributed by atoms with Gasteiger partial charge >= 0.3 is 6.03 Å². The molecular formula is C18H24N4O2S. The lowest BCUT2D eigenvalue weighted by atomic mass is 10.1. The predicted octanol–water partition coefficient (Wildman–Crippen LogP) is 2.84. The quantitative estimate of drug-likeness (QED) is 0.797. The first-order chi connectivity index (χ1) is 12.0. The molecule has 25 heavy (non-hydrogen) atoms. The Morgan fingerprint density at radius 3 is 2.48 bits per heavy atom. The van der Waals surface area contributed by atoms with E-state index in [0.29, 0.717) is 19.4 Å². The molecule has 6 nitrogen and oxygen atoms in total. The Morgan fingerprint density at radius 1 is 1.16 bits per heavy atom. The molecule has 2 rings (SSSR count). The van der Waals surface area contributed by atoms with Crippen molar-refractivity contribution in [3.8, 4) is 0 Å². The second-order valence-electron chi connectivity index (χ2n) is 5.98. The van der Waals surface area contributed by atoms with E-state index in [1.807, 2.05) is 36.7 Å². The van der Waals surface area contributed by atoms with Crippen LogP contribution in [0.4, 0.5) is 10.5 Å². The van der Waals surface area contributed by atoms with Crippen molar-refractivity contribution in [3.05, 3.63) is 45.9 Å². The summed E-state index contributed by atoms with van der Waals surface area (Å²) in [5.41, 5.74) is 4.64. The summed E-state index contributed by atoms with van der Waals surface area (Å²) in [4.78, 5) is 30.5. The van der Waals surface area contributed by atoms with E-state index in [1.54, 1.807) is 30.3 Å². The van der Waals surface area contributed by atoms with Gasteiger partial charge in [0.05, 0.1) is 11.2 Å². The smallest absolute Gasteiger partial charge is 0.319 e. The number of rotatable bonds is 7. The molecule has 2 aromatic rings. The van der Waals surface area contributed by atoms with Crippen LogP contribution in [0, 0.1) is 6.92 Å². The first kappa shape index (κ1) is 18.9. The zero-order chi connectivity index (χ0) is 18.2. The molecular weight excluding hydrogens is 336 g/mol. The Hall–Kier alpha value is -2.41. The number of urea groups is 1. The average molecular weight is 360 g/mol. The van der Waals surface area contributed by atoms with Crippen molar-refractivity contribution >= 4 is 29.0 Å². The minimum atomic E-state index is -0.224. The number of amides is 3. The molecule has 0 aliphatic rings. The van der Waals surface area contributed by atoms with Gasteiger partial charge in [0.15, 0.2) is 0 Å². The number of aryl methyl sites for hydroxylation is 2. The Kier molecular flexibility index (Phi) is 6.94. The van der Waals surface area contributed by atoms with Gasteiger partial charge in [-0.3, -0.25) is 4.79 Å². The summed E-state index contributed by atoms with van der Waals surface area (Å²) >= 11 is 1.61. The molecule has 0 saturated heterocycles. The maximum Gasteiger partial charge on any atom is 0.319 e. The highest BCUT2D eigenvalue weighted by atomic mass is 32.1. The van der Waals surface area contributed by atoms with Crippen molar-refractivity contribution in [2.75, 3.05) is 26.0 Å². The van der Waals surface area contributed by atoms with Gasteiger partial charge in [0, 0.05) is 44.0 Å². The number of carbonyl (C=O) groups excluding carboxylic acids is 2. The number of carbonyl (C=O) groups is 2. The topological polar surface area (TPSA) is 74.3 Å². The summed E-state index contributed by atoms with van der Waals surface area (Å²) in [5, 5.41) is 5.65. The monoisotopic (exact) mass is 360 g/mol. The molecule has 0 saturated carbocycles. The third-order valence-electron chi connectivity index (χ3n) is 3.82. The number of benzene rings is 1. The van der Waals surface area contributed by atoms with E-state index in [9.17, 15) is 9.59 Å². The largest absolute Gasteiger partial charge is 0.349 e. The van der Waals surface area contributed by atoms with E-state index in [4.69, 9.17) is 0 Å². The molecule has 1 heterocycles. The maximum absolute atomic E-state index is 11.9. The third-order valence-corrected chi connectivity index (χ3v) is 4.82. The van der Waals surface area contributed by atoms with Crippen LogP contribution in [0.3, 0.4) is 0 Å². The lowest BCUT2D eigenvalue weighted by molar-refractivity contribution is -0.128. The van der Waals surface area contributed by atoms with Gasteiger partial charge < -0.3 is 15.5 Å². The summed E-state index contributed by atoms with van der Waals surface area (Å²) in [6, 6.07) is 7.33. The summed E-state index contributed by atoms with van der Waals surface area (Å²) in [6.07, 6.45) is 1.96. The van der Waals surface area contributed by atoms with Crippen LogP contribution in [-0.2, 0) is 17.6 Å². The van der Waals surface area contributed by atoms with E-state index < -0.39 is 0 Å². The Balaban J connectivity index is 1.73. The van der Waals surface area contributed by atoms with Crippen molar-refractivity contribution in [2.45, 2.75) is 26.2 Å². The van der Waals surface area contributed by atoms with Gasteiger partial charge in [0.1, 0.15) is 0 Å². The fourth-order valence-corrected chi connectivity index (χ4v) is 3.04. The van der Waals surface area contributed by atoms with Crippen LogP contribution < -0.4 is 10.6 Å². The van der Waals surface area contributed by atoms with Crippen LogP contribution in [0.1, 0.15) is 22.6 Å². The molecule has 7 heteroatoms. The first-order valence-corrected chi connectivity index (χ1v) is 9.06. The third kappa shape index (κ3) is 6.19. The first-order valence-electron chi connectivity index (χ1n) is 8.18. The summed E-state index contributed by atoms with van der Waals surface area (Å²) in [6.45, 7) is 2.54. The maximum atomic E-state index is 11.9. The molecule has 2 N–H and O–H groups in total. The standard InChI is InChI=1S/C18H24N4O2S/c1-13-16(25-12-20-13)10-11-19-18(24)21-15-7-4-14(5-8-15)6-9-17(23)22(2)3/h4-5,7-8,12H,6,9-11H2,1-3H3,(H2,19,21,24). The van der Waals surface area contributed by atoms with E-state index in [1.165, 1.54) is 4.88 Å². The highest BCUT2D eigenvalue weighted by molar-refractivity contribution is 7.09. The van der Waals surface area contributed by atoms with Gasteiger partial charge in [-0.15, -0.1) is 11.3 Å². The highest BCUT2D eigenvalue weighted by Crippen LogP contribution is 2.13. The predicted molar refractivity (Wildman–Crippen MR) is 101 cm³/mol. The van der Waals surface area contributed by atoms with Crippen molar-refractivity contribution in [1.82, 2.24) is 15.2 Å². The number of hydrogen-bond acceptors (Lipinski definition) is 4. The van der Waals surface area contributed by atoms with Gasteiger partial charge in [-0.1, -0.05) is 12.1 Å². The van der Waals surface area contributed by atoms with E-state index in [-0.39, 0.29) is 11.9 Å². The van der Waals surface area contributed by atoms with Crippen molar-refractivity contribution in [2.24, 2.45) is 0 Å². The van der Waals surface area contributed by atoms with E-state index in [2.05, 4.69) is 15.6 Å². The fourth-order valence-electron chi connectivity index (χ4n) is 2.26.